The maximum Gasteiger partial charge on any atom is 0.258 e. The van der Waals surface area contributed by atoms with E-state index in [0.29, 0.717) is 16.6 Å². The molecule has 0 fully saturated rings. The maximum atomic E-state index is 11.9. The van der Waals surface area contributed by atoms with E-state index in [2.05, 4.69) is 26.8 Å². The van der Waals surface area contributed by atoms with E-state index >= 15 is 0 Å². The van der Waals surface area contributed by atoms with Gasteiger partial charge in [0.1, 0.15) is 11.3 Å². The lowest BCUT2D eigenvalue weighted by Gasteiger charge is -2.09. The Morgan fingerprint density at radius 3 is 2.50 bits per heavy atom. The van der Waals surface area contributed by atoms with Crippen LogP contribution < -0.4 is 5.56 Å². The topological polar surface area (TPSA) is 78.9 Å². The number of hydrogen-bond donors (Lipinski definition) is 2. The van der Waals surface area contributed by atoms with Gasteiger partial charge >= 0.3 is 0 Å². The Balaban J connectivity index is 0.00000117. The van der Waals surface area contributed by atoms with Crippen molar-refractivity contribution in [3.05, 3.63) is 58.4 Å². The van der Waals surface area contributed by atoms with Crippen LogP contribution in [0.4, 0.5) is 0 Å². The molecule has 2 aromatic heterocycles. The molecule has 0 amide bonds. The average molecular weight is 349 g/mol. The molecule has 2 N–H and O–H groups in total. The van der Waals surface area contributed by atoms with E-state index < -0.39 is 5.60 Å². The molecule has 0 aliphatic rings. The zero-order valence-corrected chi connectivity index (χ0v) is 15.7. The molecule has 5 nitrogen and oxygen atoms in total. The van der Waals surface area contributed by atoms with Crippen LogP contribution in [0.25, 0.3) is 22.0 Å². The number of rotatable bonds is 1. The number of para-hydroxylation sites is 1. The predicted octanol–water partition coefficient (Wildman–Crippen LogP) is 3.44. The molecule has 0 aliphatic heterocycles. The first-order valence-corrected chi connectivity index (χ1v) is 8.55. The Kier molecular flexibility index (Phi) is 5.91. The number of aromatic amines is 1. The van der Waals surface area contributed by atoms with Gasteiger partial charge in [0, 0.05) is 16.8 Å². The fourth-order valence-electron chi connectivity index (χ4n) is 2.45. The first-order chi connectivity index (χ1) is 12.3. The van der Waals surface area contributed by atoms with Gasteiger partial charge in [-0.05, 0) is 44.9 Å². The van der Waals surface area contributed by atoms with Gasteiger partial charge in [0.25, 0.3) is 5.56 Å². The molecule has 0 atom stereocenters. The summed E-state index contributed by atoms with van der Waals surface area (Å²) in [5.41, 5.74) is 2.53. The van der Waals surface area contributed by atoms with E-state index in [0.717, 1.165) is 16.8 Å². The van der Waals surface area contributed by atoms with E-state index in [1.54, 1.807) is 26.0 Å². The zero-order chi connectivity index (χ0) is 19.3. The van der Waals surface area contributed by atoms with E-state index in [9.17, 15) is 9.90 Å². The molecule has 0 spiro atoms. The molecule has 134 valence electrons. The summed E-state index contributed by atoms with van der Waals surface area (Å²) in [5.74, 6) is 5.62. The van der Waals surface area contributed by atoms with Crippen LogP contribution in [-0.4, -0.2) is 25.7 Å². The van der Waals surface area contributed by atoms with Crippen LogP contribution in [0.5, 0.6) is 0 Å². The van der Waals surface area contributed by atoms with Crippen molar-refractivity contribution in [1.29, 1.82) is 0 Å². The van der Waals surface area contributed by atoms with Gasteiger partial charge in [0.2, 0.25) is 0 Å². The molecule has 0 aliphatic carbocycles. The Labute approximate surface area is 153 Å². The van der Waals surface area contributed by atoms with Gasteiger partial charge in [-0.1, -0.05) is 31.9 Å². The summed E-state index contributed by atoms with van der Waals surface area (Å²) in [6.07, 6.45) is 1.40. The Morgan fingerprint density at radius 2 is 1.85 bits per heavy atom. The third kappa shape index (κ3) is 4.35. The fourth-order valence-corrected chi connectivity index (χ4v) is 2.45. The molecule has 0 saturated heterocycles. The van der Waals surface area contributed by atoms with Crippen LogP contribution in [0.3, 0.4) is 0 Å². The summed E-state index contributed by atoms with van der Waals surface area (Å²) < 4.78 is 0. The molecular formula is C21H23N3O2. The number of benzene rings is 1. The highest BCUT2D eigenvalue weighted by Crippen LogP contribution is 2.27. The number of aromatic nitrogens is 3. The van der Waals surface area contributed by atoms with Gasteiger partial charge < -0.3 is 10.1 Å². The Bertz CT molecular complexity index is 1030. The van der Waals surface area contributed by atoms with Crippen LogP contribution in [-0.2, 0) is 0 Å². The second-order valence-corrected chi connectivity index (χ2v) is 6.07. The summed E-state index contributed by atoms with van der Waals surface area (Å²) in [6, 6.07) is 9.20. The third-order valence-corrected chi connectivity index (χ3v) is 3.54. The average Bonchev–Trinajstić information content (AvgIpc) is 2.61. The van der Waals surface area contributed by atoms with Crippen molar-refractivity contribution < 1.29 is 5.11 Å². The van der Waals surface area contributed by atoms with Crippen LogP contribution in [0.15, 0.2) is 41.5 Å². The number of H-pyrrole nitrogens is 1. The predicted molar refractivity (Wildman–Crippen MR) is 105 cm³/mol. The maximum absolute atomic E-state index is 11.9. The van der Waals surface area contributed by atoms with Crippen molar-refractivity contribution in [3.8, 4) is 23.0 Å². The highest BCUT2D eigenvalue weighted by atomic mass is 16.3. The third-order valence-electron chi connectivity index (χ3n) is 3.54. The van der Waals surface area contributed by atoms with Crippen molar-refractivity contribution >= 4 is 10.9 Å². The second kappa shape index (κ2) is 7.94. The fraction of sp³-hybridized carbons (Fsp3) is 0.286. The van der Waals surface area contributed by atoms with Crippen LogP contribution >= 0.6 is 0 Å². The molecule has 3 aromatic rings. The number of hydrogen-bond acceptors (Lipinski definition) is 4. The number of nitrogens with zero attached hydrogens (tertiary/aromatic N) is 2. The summed E-state index contributed by atoms with van der Waals surface area (Å²) in [7, 11) is 0. The molecule has 0 radical (unpaired) electrons. The van der Waals surface area contributed by atoms with E-state index in [1.807, 2.05) is 39.0 Å². The monoisotopic (exact) mass is 349 g/mol. The number of aliphatic hydroxyl groups is 1. The number of nitrogens with one attached hydrogen (secondary N) is 1. The number of fused-ring (bicyclic) bond motifs is 1. The van der Waals surface area contributed by atoms with Gasteiger partial charge in [0.15, 0.2) is 0 Å². The van der Waals surface area contributed by atoms with Crippen LogP contribution in [0.2, 0.25) is 0 Å². The summed E-state index contributed by atoms with van der Waals surface area (Å²) in [4.78, 5) is 23.3. The largest absolute Gasteiger partial charge is 0.378 e. The van der Waals surface area contributed by atoms with Crippen molar-refractivity contribution in [3.63, 3.8) is 0 Å². The molecule has 2 heterocycles. The van der Waals surface area contributed by atoms with Gasteiger partial charge in [-0.2, -0.15) is 0 Å². The molecule has 0 saturated carbocycles. The van der Waals surface area contributed by atoms with Gasteiger partial charge in [-0.3, -0.25) is 4.79 Å². The van der Waals surface area contributed by atoms with Crippen molar-refractivity contribution in [2.75, 3.05) is 0 Å². The summed E-state index contributed by atoms with van der Waals surface area (Å²) in [5, 5.41) is 10.2. The van der Waals surface area contributed by atoms with Crippen molar-refractivity contribution in [2.45, 2.75) is 40.2 Å². The molecular weight excluding hydrogens is 326 g/mol. The van der Waals surface area contributed by atoms with Gasteiger partial charge in [-0.15, -0.1) is 0 Å². The second-order valence-electron chi connectivity index (χ2n) is 6.07. The minimum atomic E-state index is -1.06. The molecule has 3 rings (SSSR count). The van der Waals surface area contributed by atoms with E-state index in [1.165, 1.54) is 6.33 Å². The zero-order valence-electron chi connectivity index (χ0n) is 15.7. The highest BCUT2D eigenvalue weighted by molar-refractivity contribution is 5.93. The highest BCUT2D eigenvalue weighted by Gasteiger charge is 2.11. The molecule has 5 heteroatoms. The molecule has 1 aromatic carbocycles. The lowest BCUT2D eigenvalue weighted by molar-refractivity contribution is 0.143. The lowest BCUT2D eigenvalue weighted by atomic mass is 10.0. The SMILES string of the molecule is CC.Cc1nc(C#CC(C)(C)O)ccc1-c1cccc2c(=O)[nH]cnc12. The smallest absolute Gasteiger partial charge is 0.258 e. The number of pyridine rings is 1. The Morgan fingerprint density at radius 1 is 1.12 bits per heavy atom. The minimum absolute atomic E-state index is 0.167. The molecule has 0 bridgehead atoms. The Hall–Kier alpha value is -2.97. The minimum Gasteiger partial charge on any atom is -0.378 e. The van der Waals surface area contributed by atoms with Crippen molar-refractivity contribution in [1.82, 2.24) is 15.0 Å². The van der Waals surface area contributed by atoms with Gasteiger partial charge in [-0.25, -0.2) is 9.97 Å². The van der Waals surface area contributed by atoms with Crippen LogP contribution in [0, 0.1) is 18.8 Å². The first-order valence-electron chi connectivity index (χ1n) is 8.55. The standard InChI is InChI=1S/C19H17N3O2.C2H6/c1-12-14(8-7-13(22-12)9-10-19(2,3)24)15-5-4-6-16-17(15)20-11-21-18(16)23;1-2/h4-8,11,24H,1-3H3,(H,20,21,23);1-2H3. The van der Waals surface area contributed by atoms with Crippen molar-refractivity contribution in [2.24, 2.45) is 0 Å². The lowest BCUT2D eigenvalue weighted by Crippen LogP contribution is -2.14. The first kappa shape index (κ1) is 19.4. The summed E-state index contributed by atoms with van der Waals surface area (Å²) >= 11 is 0. The molecule has 0 unspecified atom stereocenters. The van der Waals surface area contributed by atoms with E-state index in [4.69, 9.17) is 0 Å². The van der Waals surface area contributed by atoms with Gasteiger partial charge in [0.05, 0.1) is 17.2 Å². The quantitative estimate of drug-likeness (QED) is 0.660. The summed E-state index contributed by atoms with van der Waals surface area (Å²) in [6.45, 7) is 9.14. The number of aryl methyl sites for hydroxylation is 1. The molecule has 26 heavy (non-hydrogen) atoms. The van der Waals surface area contributed by atoms with E-state index in [-0.39, 0.29) is 5.56 Å². The van der Waals surface area contributed by atoms with Crippen LogP contribution in [0.1, 0.15) is 39.1 Å². The normalized spacial score (nSPS) is 10.5.